The molecule has 98 valence electrons. The molecule has 0 aliphatic rings. The van der Waals surface area contributed by atoms with Crippen LogP contribution < -0.4 is 5.73 Å². The highest BCUT2D eigenvalue weighted by Gasteiger charge is 2.25. The van der Waals surface area contributed by atoms with Crippen LogP contribution >= 0.6 is 11.3 Å². The molecule has 0 amide bonds. The summed E-state index contributed by atoms with van der Waals surface area (Å²) in [5.41, 5.74) is 7.56. The maximum atomic E-state index is 6.24. The molecule has 0 bridgehead atoms. The molecular formula is C14H20N2OS. The van der Waals surface area contributed by atoms with Crippen LogP contribution in [-0.2, 0) is 6.54 Å². The molecule has 0 radical (unpaired) electrons. The lowest BCUT2D eigenvalue weighted by Crippen LogP contribution is -2.38. The van der Waals surface area contributed by atoms with E-state index in [1.54, 1.807) is 17.6 Å². The Morgan fingerprint density at radius 2 is 2.28 bits per heavy atom. The van der Waals surface area contributed by atoms with Crippen molar-refractivity contribution in [1.82, 2.24) is 4.90 Å². The number of hydrogen-bond donors (Lipinski definition) is 1. The SMILES string of the molecule is CCC(N)C(c1ccco1)N(C)Cc1ccsc1. The lowest BCUT2D eigenvalue weighted by molar-refractivity contribution is 0.176. The van der Waals surface area contributed by atoms with Crippen molar-refractivity contribution < 1.29 is 4.42 Å². The van der Waals surface area contributed by atoms with Crippen LogP contribution in [0.3, 0.4) is 0 Å². The van der Waals surface area contributed by atoms with Gasteiger partial charge < -0.3 is 10.2 Å². The normalized spacial score (nSPS) is 14.9. The Balaban J connectivity index is 2.13. The van der Waals surface area contributed by atoms with Gasteiger partial charge in [0.05, 0.1) is 12.3 Å². The minimum atomic E-state index is 0.0831. The molecule has 0 aliphatic carbocycles. The monoisotopic (exact) mass is 264 g/mol. The van der Waals surface area contributed by atoms with Gasteiger partial charge in [-0.15, -0.1) is 0 Å². The van der Waals surface area contributed by atoms with Gasteiger partial charge in [0.25, 0.3) is 0 Å². The summed E-state index contributed by atoms with van der Waals surface area (Å²) in [5, 5.41) is 4.28. The fraction of sp³-hybridized carbons (Fsp3) is 0.429. The number of rotatable bonds is 6. The predicted octanol–water partition coefficient (Wildman–Crippen LogP) is 3.25. The predicted molar refractivity (Wildman–Crippen MR) is 75.5 cm³/mol. The summed E-state index contributed by atoms with van der Waals surface area (Å²) in [5.74, 6) is 0.946. The van der Waals surface area contributed by atoms with Gasteiger partial charge in [-0.25, -0.2) is 0 Å². The Morgan fingerprint density at radius 1 is 1.44 bits per heavy atom. The summed E-state index contributed by atoms with van der Waals surface area (Å²) in [6, 6.07) is 6.29. The van der Waals surface area contributed by atoms with Crippen LogP contribution in [0.25, 0.3) is 0 Å². The van der Waals surface area contributed by atoms with E-state index in [9.17, 15) is 0 Å². The zero-order valence-electron chi connectivity index (χ0n) is 10.9. The topological polar surface area (TPSA) is 42.4 Å². The van der Waals surface area contributed by atoms with Crippen molar-refractivity contribution in [2.24, 2.45) is 5.73 Å². The Labute approximate surface area is 112 Å². The molecule has 0 fully saturated rings. The fourth-order valence-corrected chi connectivity index (χ4v) is 2.87. The van der Waals surface area contributed by atoms with Crippen LogP contribution in [0, 0.1) is 0 Å². The van der Waals surface area contributed by atoms with E-state index in [0.717, 1.165) is 18.7 Å². The summed E-state index contributed by atoms with van der Waals surface area (Å²) in [4.78, 5) is 2.26. The van der Waals surface area contributed by atoms with Gasteiger partial charge in [0.15, 0.2) is 0 Å². The third kappa shape index (κ3) is 3.02. The molecule has 18 heavy (non-hydrogen) atoms. The first-order valence-corrected chi connectivity index (χ1v) is 7.17. The van der Waals surface area contributed by atoms with Crippen LogP contribution in [0.1, 0.15) is 30.7 Å². The van der Waals surface area contributed by atoms with Crippen molar-refractivity contribution in [3.8, 4) is 0 Å². The second kappa shape index (κ2) is 6.18. The van der Waals surface area contributed by atoms with Gasteiger partial charge in [0, 0.05) is 12.6 Å². The molecule has 0 saturated heterocycles. The van der Waals surface area contributed by atoms with E-state index in [2.05, 4.69) is 35.7 Å². The van der Waals surface area contributed by atoms with Crippen LogP contribution in [0.4, 0.5) is 0 Å². The van der Waals surface area contributed by atoms with Gasteiger partial charge in [-0.1, -0.05) is 6.92 Å². The Kier molecular flexibility index (Phi) is 4.58. The molecule has 0 aliphatic heterocycles. The summed E-state index contributed by atoms with van der Waals surface area (Å²) in [7, 11) is 2.10. The maximum Gasteiger partial charge on any atom is 0.122 e. The molecular weight excluding hydrogens is 244 g/mol. The average Bonchev–Trinajstić information content (AvgIpc) is 3.02. The van der Waals surface area contributed by atoms with Crippen molar-refractivity contribution in [3.05, 3.63) is 46.5 Å². The van der Waals surface area contributed by atoms with Gasteiger partial charge in [0.1, 0.15) is 5.76 Å². The lowest BCUT2D eigenvalue weighted by atomic mass is 10.0. The van der Waals surface area contributed by atoms with Crippen LogP contribution in [0.5, 0.6) is 0 Å². The summed E-state index contributed by atoms with van der Waals surface area (Å²) in [6.45, 7) is 3.00. The Hall–Kier alpha value is -1.10. The lowest BCUT2D eigenvalue weighted by Gasteiger charge is -2.30. The highest BCUT2D eigenvalue weighted by Crippen LogP contribution is 2.26. The second-order valence-corrected chi connectivity index (χ2v) is 5.36. The Morgan fingerprint density at radius 3 is 2.83 bits per heavy atom. The molecule has 2 atom stereocenters. The second-order valence-electron chi connectivity index (χ2n) is 4.58. The van der Waals surface area contributed by atoms with Crippen molar-refractivity contribution in [1.29, 1.82) is 0 Å². The molecule has 2 N–H and O–H groups in total. The minimum absolute atomic E-state index is 0.0831. The van der Waals surface area contributed by atoms with Crippen LogP contribution in [0.15, 0.2) is 39.6 Å². The van der Waals surface area contributed by atoms with Crippen molar-refractivity contribution in [3.63, 3.8) is 0 Å². The zero-order valence-corrected chi connectivity index (χ0v) is 11.7. The van der Waals surface area contributed by atoms with Crippen LogP contribution in [-0.4, -0.2) is 18.0 Å². The van der Waals surface area contributed by atoms with Crippen LogP contribution in [0.2, 0.25) is 0 Å². The highest BCUT2D eigenvalue weighted by atomic mass is 32.1. The Bertz CT molecular complexity index is 438. The molecule has 2 aromatic rings. The fourth-order valence-electron chi connectivity index (χ4n) is 2.21. The quantitative estimate of drug-likeness (QED) is 0.871. The molecule has 3 nitrogen and oxygen atoms in total. The van der Waals surface area contributed by atoms with E-state index >= 15 is 0 Å². The van der Waals surface area contributed by atoms with Gasteiger partial charge >= 0.3 is 0 Å². The summed E-state index contributed by atoms with van der Waals surface area (Å²) < 4.78 is 5.54. The van der Waals surface area contributed by atoms with E-state index < -0.39 is 0 Å². The van der Waals surface area contributed by atoms with E-state index in [1.807, 2.05) is 12.1 Å². The van der Waals surface area contributed by atoms with E-state index in [0.29, 0.717) is 0 Å². The molecule has 0 spiro atoms. The number of nitrogens with zero attached hydrogens (tertiary/aromatic N) is 1. The third-order valence-corrected chi connectivity index (χ3v) is 3.93. The average molecular weight is 264 g/mol. The van der Waals surface area contributed by atoms with Crippen molar-refractivity contribution in [2.75, 3.05) is 7.05 Å². The third-order valence-electron chi connectivity index (χ3n) is 3.20. The van der Waals surface area contributed by atoms with Crippen molar-refractivity contribution in [2.45, 2.75) is 32.0 Å². The number of furan rings is 1. The molecule has 2 aromatic heterocycles. The van der Waals surface area contributed by atoms with Gasteiger partial charge in [-0.3, -0.25) is 4.90 Å². The van der Waals surface area contributed by atoms with E-state index in [4.69, 9.17) is 10.2 Å². The van der Waals surface area contributed by atoms with E-state index in [-0.39, 0.29) is 12.1 Å². The largest absolute Gasteiger partial charge is 0.468 e. The molecule has 2 rings (SSSR count). The first-order chi connectivity index (χ1) is 8.72. The molecule has 0 aromatic carbocycles. The molecule has 2 heterocycles. The zero-order chi connectivity index (χ0) is 13.0. The number of nitrogens with two attached hydrogens (primary N) is 1. The van der Waals surface area contributed by atoms with Gasteiger partial charge in [-0.05, 0) is 48.0 Å². The molecule has 4 heteroatoms. The molecule has 0 saturated carbocycles. The van der Waals surface area contributed by atoms with Crippen molar-refractivity contribution >= 4 is 11.3 Å². The number of hydrogen-bond acceptors (Lipinski definition) is 4. The number of likely N-dealkylation sites (N-methyl/N-ethyl adjacent to an activating group) is 1. The van der Waals surface area contributed by atoms with Gasteiger partial charge in [-0.2, -0.15) is 11.3 Å². The molecule has 2 unspecified atom stereocenters. The summed E-state index contributed by atoms with van der Waals surface area (Å²) in [6.07, 6.45) is 2.64. The van der Waals surface area contributed by atoms with Gasteiger partial charge in [0.2, 0.25) is 0 Å². The summed E-state index contributed by atoms with van der Waals surface area (Å²) >= 11 is 1.72. The van der Waals surface area contributed by atoms with E-state index in [1.165, 1.54) is 5.56 Å². The smallest absolute Gasteiger partial charge is 0.122 e. The first kappa shape index (κ1) is 13.3. The highest BCUT2D eigenvalue weighted by molar-refractivity contribution is 7.07. The number of thiophene rings is 1. The maximum absolute atomic E-state index is 6.24. The first-order valence-electron chi connectivity index (χ1n) is 6.22. The minimum Gasteiger partial charge on any atom is -0.468 e. The standard InChI is InChI=1S/C14H20N2OS/c1-3-12(15)14(13-5-4-7-17-13)16(2)9-11-6-8-18-10-11/h4-8,10,12,14H,3,9,15H2,1-2H3.